The fourth-order valence-corrected chi connectivity index (χ4v) is 3.03. The van der Waals surface area contributed by atoms with Crippen LogP contribution in [0.25, 0.3) is 11.2 Å². The van der Waals surface area contributed by atoms with E-state index in [0.717, 1.165) is 0 Å². The van der Waals surface area contributed by atoms with E-state index in [2.05, 4.69) is 21.5 Å². The van der Waals surface area contributed by atoms with Gasteiger partial charge in [-0.2, -0.15) is 0 Å². The molecule has 0 fully saturated rings. The van der Waals surface area contributed by atoms with E-state index in [0.29, 0.717) is 11.2 Å². The van der Waals surface area contributed by atoms with Crippen molar-refractivity contribution in [3.05, 3.63) is 37.2 Å². The van der Waals surface area contributed by atoms with Crippen molar-refractivity contribution in [2.75, 3.05) is 12.1 Å². The Hall–Kier alpha value is -2.13. The van der Waals surface area contributed by atoms with Crippen molar-refractivity contribution in [3.8, 4) is 0 Å². The highest BCUT2D eigenvalue weighted by Crippen LogP contribution is 2.45. The maximum Gasteiger partial charge on any atom is 0.351 e. The van der Waals surface area contributed by atoms with Crippen molar-refractivity contribution in [2.45, 2.75) is 18.1 Å². The van der Waals surface area contributed by atoms with Crippen LogP contribution in [0.2, 0.25) is 0 Å². The lowest BCUT2D eigenvalue weighted by Crippen LogP contribution is -2.30. The van der Waals surface area contributed by atoms with Crippen LogP contribution in [0.5, 0.6) is 0 Å². The number of fused-ring (bicyclic) bond motifs is 1. The second-order valence-corrected chi connectivity index (χ2v) is 6.99. The lowest BCUT2D eigenvalue weighted by atomic mass is 10.0. The summed E-state index contributed by atoms with van der Waals surface area (Å²) < 4.78 is 32.2. The first kappa shape index (κ1) is 16.7. The number of hydrogen-bond acceptors (Lipinski definition) is 6. The van der Waals surface area contributed by atoms with Gasteiger partial charge in [-0.1, -0.05) is 12.7 Å². The maximum absolute atomic E-state index is 14.5. The smallest absolute Gasteiger partial charge is 0.351 e. The first-order valence-electron chi connectivity index (χ1n) is 6.89. The normalized spacial score (nSPS) is 24.3. The Kier molecular flexibility index (Phi) is 4.00. The van der Waals surface area contributed by atoms with Crippen LogP contribution in [0.15, 0.2) is 37.2 Å². The minimum absolute atomic E-state index is 0.0533. The van der Waals surface area contributed by atoms with Crippen LogP contribution in [-0.2, 0) is 9.30 Å². The molecule has 2 aromatic heterocycles. The molecule has 0 radical (unpaired) electrons. The second kappa shape index (κ2) is 5.75. The third-order valence-electron chi connectivity index (χ3n) is 3.82. The van der Waals surface area contributed by atoms with Crippen molar-refractivity contribution in [2.24, 2.45) is 0 Å². The Morgan fingerprint density at radius 3 is 2.96 bits per heavy atom. The lowest BCUT2D eigenvalue weighted by molar-refractivity contribution is 0.0211. The molecule has 2 atom stereocenters. The number of rotatable bonds is 5. The third-order valence-corrected chi connectivity index (χ3v) is 4.29. The predicted octanol–water partition coefficient (Wildman–Crippen LogP) is 1.28. The quantitative estimate of drug-likeness (QED) is 0.539. The van der Waals surface area contributed by atoms with Crippen molar-refractivity contribution in [1.29, 1.82) is 0 Å². The highest BCUT2D eigenvalue weighted by atomic mass is 31.2. The van der Waals surface area contributed by atoms with Gasteiger partial charge in [-0.05, 0) is 6.08 Å². The largest absolute Gasteiger partial charge is 0.382 e. The average molecular weight is 355 g/mol. The van der Waals surface area contributed by atoms with Gasteiger partial charge in [0.25, 0.3) is 0 Å². The number of aromatic nitrogens is 4. The number of nitrogen functional groups attached to an aromatic ring is 1. The number of imidazole rings is 1. The summed E-state index contributed by atoms with van der Waals surface area (Å²) in [6.45, 7) is 3.53. The molecular weight excluding hydrogens is 340 g/mol. The molecule has 11 heteroatoms. The molecule has 1 aliphatic carbocycles. The molecule has 1 aliphatic rings. The molecule has 4 N–H and O–H groups in total. The van der Waals surface area contributed by atoms with Gasteiger partial charge in [0, 0.05) is 6.42 Å². The van der Waals surface area contributed by atoms with E-state index in [4.69, 9.17) is 20.3 Å². The molecule has 128 valence electrons. The van der Waals surface area contributed by atoms with Crippen LogP contribution in [0.4, 0.5) is 10.2 Å². The van der Waals surface area contributed by atoms with E-state index < -0.39 is 31.4 Å². The molecule has 0 saturated heterocycles. The van der Waals surface area contributed by atoms with Gasteiger partial charge in [0.1, 0.15) is 29.6 Å². The molecule has 3 rings (SSSR count). The molecule has 0 saturated carbocycles. The number of ether oxygens (including phenoxy) is 1. The van der Waals surface area contributed by atoms with E-state index >= 15 is 0 Å². The Balaban J connectivity index is 1.93. The summed E-state index contributed by atoms with van der Waals surface area (Å²) in [5, 5.41) is 0. The molecule has 0 bridgehead atoms. The summed E-state index contributed by atoms with van der Waals surface area (Å²) in [4.78, 5) is 30.0. The van der Waals surface area contributed by atoms with Crippen LogP contribution >= 0.6 is 7.60 Å². The SMILES string of the molecule is C=C[C@]1(OCP(=O)(O)O)C[C@@H](n2cnc3c(N)ncnc32)C=C1F. The van der Waals surface area contributed by atoms with E-state index in [1.807, 2.05) is 0 Å². The third kappa shape index (κ3) is 2.84. The lowest BCUT2D eigenvalue weighted by Gasteiger charge is -2.26. The van der Waals surface area contributed by atoms with E-state index in [1.54, 1.807) is 4.57 Å². The highest BCUT2D eigenvalue weighted by molar-refractivity contribution is 7.51. The van der Waals surface area contributed by atoms with Gasteiger partial charge in [0.15, 0.2) is 11.5 Å². The van der Waals surface area contributed by atoms with Crippen LogP contribution < -0.4 is 5.73 Å². The Bertz CT molecular complexity index is 878. The fraction of sp³-hybridized carbons (Fsp3) is 0.308. The maximum atomic E-state index is 14.5. The van der Waals surface area contributed by atoms with E-state index in [-0.39, 0.29) is 12.2 Å². The van der Waals surface area contributed by atoms with Gasteiger partial charge in [-0.3, -0.25) is 4.57 Å². The van der Waals surface area contributed by atoms with Crippen LogP contribution in [0.1, 0.15) is 12.5 Å². The van der Waals surface area contributed by atoms with Gasteiger partial charge in [0.2, 0.25) is 0 Å². The summed E-state index contributed by atoms with van der Waals surface area (Å²) in [6, 6.07) is -0.529. The Morgan fingerprint density at radius 1 is 1.54 bits per heavy atom. The van der Waals surface area contributed by atoms with Gasteiger partial charge in [-0.25, -0.2) is 19.3 Å². The minimum Gasteiger partial charge on any atom is -0.382 e. The van der Waals surface area contributed by atoms with E-state index in [9.17, 15) is 8.96 Å². The average Bonchev–Trinajstić information content (AvgIpc) is 3.07. The monoisotopic (exact) mass is 355 g/mol. The van der Waals surface area contributed by atoms with E-state index in [1.165, 1.54) is 24.8 Å². The Labute approximate surface area is 135 Å². The first-order valence-corrected chi connectivity index (χ1v) is 8.68. The van der Waals surface area contributed by atoms with Crippen LogP contribution in [-0.4, -0.2) is 41.3 Å². The van der Waals surface area contributed by atoms with Gasteiger partial charge < -0.3 is 24.8 Å². The van der Waals surface area contributed by atoms with Crippen molar-refractivity contribution in [3.63, 3.8) is 0 Å². The number of allylic oxidation sites excluding steroid dienone is 1. The molecule has 9 nitrogen and oxygen atoms in total. The number of halogens is 1. The number of hydrogen-bond donors (Lipinski definition) is 3. The molecule has 0 aromatic carbocycles. The summed E-state index contributed by atoms with van der Waals surface area (Å²) >= 11 is 0. The summed E-state index contributed by atoms with van der Waals surface area (Å²) in [6.07, 6.45) is 4.34. The predicted molar refractivity (Wildman–Crippen MR) is 83.5 cm³/mol. The topological polar surface area (TPSA) is 136 Å². The summed E-state index contributed by atoms with van der Waals surface area (Å²) in [7, 11) is -4.45. The zero-order chi connectivity index (χ0) is 17.5. The molecule has 0 amide bonds. The molecule has 24 heavy (non-hydrogen) atoms. The molecular formula is C13H15FN5O4P. The molecule has 0 spiro atoms. The molecule has 2 aromatic rings. The molecule has 2 heterocycles. The van der Waals surface area contributed by atoms with Gasteiger partial charge >= 0.3 is 7.60 Å². The molecule has 0 aliphatic heterocycles. The van der Waals surface area contributed by atoms with Crippen molar-refractivity contribution >= 4 is 24.6 Å². The van der Waals surface area contributed by atoms with Crippen molar-refractivity contribution < 1.29 is 23.5 Å². The van der Waals surface area contributed by atoms with Crippen LogP contribution in [0, 0.1) is 0 Å². The summed E-state index contributed by atoms with van der Waals surface area (Å²) in [5.41, 5.74) is 4.93. The summed E-state index contributed by atoms with van der Waals surface area (Å²) in [5.74, 6) is -0.478. The van der Waals surface area contributed by atoms with Crippen LogP contribution in [0.3, 0.4) is 0 Å². The van der Waals surface area contributed by atoms with Gasteiger partial charge in [-0.15, -0.1) is 0 Å². The fourth-order valence-electron chi connectivity index (χ4n) is 2.64. The standard InChI is InChI=1S/C13H15FN5O4P/c1-2-13(23-7-24(20,21)22)4-8(3-9(13)14)19-6-18-10-11(15)16-5-17-12(10)19/h2-3,5-6,8H,1,4,7H2,(H2,15,16,17)(H2,20,21,22)/t8-,13-/m0/s1. The van der Waals surface area contributed by atoms with Crippen molar-refractivity contribution in [1.82, 2.24) is 19.5 Å². The zero-order valence-corrected chi connectivity index (χ0v) is 13.3. The number of nitrogens with two attached hydrogens (primary N) is 1. The minimum atomic E-state index is -4.45. The number of anilines is 1. The highest BCUT2D eigenvalue weighted by Gasteiger charge is 2.43. The Morgan fingerprint density at radius 2 is 2.29 bits per heavy atom. The second-order valence-electron chi connectivity index (χ2n) is 5.40. The zero-order valence-electron chi connectivity index (χ0n) is 12.4. The first-order chi connectivity index (χ1) is 11.3. The molecule has 0 unspecified atom stereocenters. The van der Waals surface area contributed by atoms with Gasteiger partial charge in [0.05, 0.1) is 12.4 Å². The number of nitrogens with zero attached hydrogens (tertiary/aromatic N) is 4.